The van der Waals surface area contributed by atoms with E-state index in [1.807, 2.05) is 12.1 Å². The first-order valence-electron chi connectivity index (χ1n) is 9.39. The zero-order valence-corrected chi connectivity index (χ0v) is 14.7. The van der Waals surface area contributed by atoms with Crippen LogP contribution in [0.15, 0.2) is 18.3 Å². The minimum absolute atomic E-state index is 0.0690. The second-order valence-electron chi connectivity index (χ2n) is 6.83. The van der Waals surface area contributed by atoms with Crippen molar-refractivity contribution in [1.82, 2.24) is 4.98 Å². The largest absolute Gasteiger partial charge is 0.425 e. The van der Waals surface area contributed by atoms with Gasteiger partial charge in [0.1, 0.15) is 5.75 Å². The predicted molar refractivity (Wildman–Crippen MR) is 93.5 cm³/mol. The van der Waals surface area contributed by atoms with Gasteiger partial charge in [-0.15, -0.1) is 0 Å². The molecule has 1 aromatic heterocycles. The van der Waals surface area contributed by atoms with Crippen molar-refractivity contribution in [2.75, 3.05) is 0 Å². The molecule has 0 bridgehead atoms. The second kappa shape index (κ2) is 9.69. The predicted octanol–water partition coefficient (Wildman–Crippen LogP) is 5.33. The normalized spacial score (nSPS) is 21.1. The highest BCUT2D eigenvalue weighted by atomic mass is 16.5. The number of hydrogen-bond donors (Lipinski definition) is 0. The average Bonchev–Trinajstić information content (AvgIpc) is 2.60. The lowest BCUT2D eigenvalue weighted by Gasteiger charge is -2.27. The summed E-state index contributed by atoms with van der Waals surface area (Å²) in [4.78, 5) is 16.6. The number of carbonyl (C=O) groups excluding carboxylic acids is 1. The molecule has 0 N–H and O–H groups in total. The van der Waals surface area contributed by atoms with Gasteiger partial charge in [-0.2, -0.15) is 0 Å². The van der Waals surface area contributed by atoms with E-state index >= 15 is 0 Å². The van der Waals surface area contributed by atoms with Gasteiger partial charge in [0.15, 0.2) is 0 Å². The van der Waals surface area contributed by atoms with Crippen molar-refractivity contribution >= 4 is 5.97 Å². The summed E-state index contributed by atoms with van der Waals surface area (Å²) in [5.41, 5.74) is 1.02. The van der Waals surface area contributed by atoms with Gasteiger partial charge in [-0.05, 0) is 50.2 Å². The van der Waals surface area contributed by atoms with Crippen molar-refractivity contribution in [3.05, 3.63) is 24.0 Å². The molecule has 0 amide bonds. The summed E-state index contributed by atoms with van der Waals surface area (Å²) in [6.07, 6.45) is 13.6. The topological polar surface area (TPSA) is 39.2 Å². The molecule has 0 radical (unpaired) electrons. The molecule has 0 atom stereocenters. The summed E-state index contributed by atoms with van der Waals surface area (Å²) in [6.45, 7) is 4.32. The summed E-state index contributed by atoms with van der Waals surface area (Å²) in [6, 6.07) is 3.78. The summed E-state index contributed by atoms with van der Waals surface area (Å²) in [5.74, 6) is 1.41. The standard InChI is InChI=1S/C20H31NO2/c1-3-5-6-7-8-16-9-11-17(12-10-16)20(22)23-19-14-13-18(4-2)21-15-19/h13-17H,3-12H2,1-2H3/t16-,17-. The van der Waals surface area contributed by atoms with Crippen molar-refractivity contribution in [3.63, 3.8) is 0 Å². The second-order valence-corrected chi connectivity index (χ2v) is 6.83. The van der Waals surface area contributed by atoms with Crippen LogP contribution in [-0.2, 0) is 11.2 Å². The van der Waals surface area contributed by atoms with E-state index in [1.165, 1.54) is 44.9 Å². The molecule has 3 nitrogen and oxygen atoms in total. The van der Waals surface area contributed by atoms with Gasteiger partial charge in [0.2, 0.25) is 0 Å². The van der Waals surface area contributed by atoms with Gasteiger partial charge in [0.25, 0.3) is 0 Å². The molecule has 23 heavy (non-hydrogen) atoms. The summed E-state index contributed by atoms with van der Waals surface area (Å²) in [7, 11) is 0. The molecule has 1 heterocycles. The lowest BCUT2D eigenvalue weighted by atomic mass is 9.80. The molecular weight excluding hydrogens is 286 g/mol. The molecule has 1 fully saturated rings. The van der Waals surface area contributed by atoms with E-state index in [2.05, 4.69) is 18.8 Å². The minimum atomic E-state index is -0.0690. The summed E-state index contributed by atoms with van der Waals surface area (Å²) >= 11 is 0. The average molecular weight is 317 g/mol. The van der Waals surface area contributed by atoms with Crippen LogP contribution in [-0.4, -0.2) is 11.0 Å². The fourth-order valence-corrected chi connectivity index (χ4v) is 3.43. The summed E-state index contributed by atoms with van der Waals surface area (Å²) < 4.78 is 5.50. The lowest BCUT2D eigenvalue weighted by Crippen LogP contribution is -2.25. The Labute approximate surface area is 140 Å². The first kappa shape index (κ1) is 18.0. The first-order chi connectivity index (χ1) is 11.2. The van der Waals surface area contributed by atoms with Gasteiger partial charge in [-0.25, -0.2) is 0 Å². The fourth-order valence-electron chi connectivity index (χ4n) is 3.43. The number of esters is 1. The number of unbranched alkanes of at least 4 members (excludes halogenated alkanes) is 3. The fraction of sp³-hybridized carbons (Fsp3) is 0.700. The molecule has 0 unspecified atom stereocenters. The molecule has 0 aromatic carbocycles. The van der Waals surface area contributed by atoms with Crippen LogP contribution < -0.4 is 4.74 Å². The Hall–Kier alpha value is -1.38. The molecular formula is C20H31NO2. The molecule has 3 heteroatoms. The molecule has 128 valence electrons. The maximum absolute atomic E-state index is 12.3. The monoisotopic (exact) mass is 317 g/mol. The van der Waals surface area contributed by atoms with Crippen molar-refractivity contribution in [2.24, 2.45) is 11.8 Å². The molecule has 2 rings (SSSR count). The number of hydrogen-bond acceptors (Lipinski definition) is 3. The molecule has 1 aliphatic rings. The summed E-state index contributed by atoms with van der Waals surface area (Å²) in [5, 5.41) is 0. The van der Waals surface area contributed by atoms with Gasteiger partial charge in [0.05, 0.1) is 12.1 Å². The number of ether oxygens (including phenoxy) is 1. The van der Waals surface area contributed by atoms with Crippen LogP contribution >= 0.6 is 0 Å². The number of rotatable bonds is 8. The maximum atomic E-state index is 12.3. The van der Waals surface area contributed by atoms with Crippen LogP contribution in [0.1, 0.15) is 77.3 Å². The Bertz CT molecular complexity index is 461. The van der Waals surface area contributed by atoms with Crippen LogP contribution in [0, 0.1) is 11.8 Å². The Morgan fingerprint density at radius 2 is 1.91 bits per heavy atom. The van der Waals surface area contributed by atoms with Crippen LogP contribution in [0.25, 0.3) is 0 Å². The third-order valence-corrected chi connectivity index (χ3v) is 5.02. The highest BCUT2D eigenvalue weighted by Gasteiger charge is 2.27. The highest BCUT2D eigenvalue weighted by Crippen LogP contribution is 2.33. The third kappa shape index (κ3) is 5.96. The zero-order chi connectivity index (χ0) is 16.5. The quantitative estimate of drug-likeness (QED) is 0.481. The van der Waals surface area contributed by atoms with E-state index in [0.29, 0.717) is 5.75 Å². The lowest BCUT2D eigenvalue weighted by molar-refractivity contribution is -0.140. The van der Waals surface area contributed by atoms with Gasteiger partial charge in [-0.1, -0.05) is 46.0 Å². The van der Waals surface area contributed by atoms with Crippen molar-refractivity contribution < 1.29 is 9.53 Å². The van der Waals surface area contributed by atoms with Crippen LogP contribution in [0.5, 0.6) is 5.75 Å². The first-order valence-corrected chi connectivity index (χ1v) is 9.39. The van der Waals surface area contributed by atoms with E-state index in [-0.39, 0.29) is 11.9 Å². The molecule has 1 aliphatic carbocycles. The van der Waals surface area contributed by atoms with E-state index in [4.69, 9.17) is 4.74 Å². The molecule has 1 aromatic rings. The van der Waals surface area contributed by atoms with Crippen LogP contribution in [0.2, 0.25) is 0 Å². The number of carbonyl (C=O) groups is 1. The molecule has 1 saturated carbocycles. The highest BCUT2D eigenvalue weighted by molar-refractivity contribution is 5.75. The zero-order valence-electron chi connectivity index (χ0n) is 14.7. The maximum Gasteiger partial charge on any atom is 0.314 e. The molecule has 0 saturated heterocycles. The SMILES string of the molecule is CCCCCC[C@H]1CC[C@H](C(=O)Oc2ccc(CC)nc2)CC1. The molecule has 0 spiro atoms. The number of aromatic nitrogens is 1. The smallest absolute Gasteiger partial charge is 0.314 e. The van der Waals surface area contributed by atoms with Crippen molar-refractivity contribution in [3.8, 4) is 5.75 Å². The van der Waals surface area contributed by atoms with Gasteiger partial charge in [-0.3, -0.25) is 9.78 Å². The number of nitrogens with zero attached hydrogens (tertiary/aromatic N) is 1. The Morgan fingerprint density at radius 3 is 2.52 bits per heavy atom. The van der Waals surface area contributed by atoms with E-state index in [9.17, 15) is 4.79 Å². The van der Waals surface area contributed by atoms with E-state index in [0.717, 1.165) is 30.9 Å². The van der Waals surface area contributed by atoms with Crippen molar-refractivity contribution in [1.29, 1.82) is 0 Å². The number of pyridine rings is 1. The van der Waals surface area contributed by atoms with Gasteiger partial charge < -0.3 is 4.74 Å². The Balaban J connectivity index is 1.70. The Morgan fingerprint density at radius 1 is 1.13 bits per heavy atom. The Kier molecular flexibility index (Phi) is 7.57. The third-order valence-electron chi connectivity index (χ3n) is 5.02. The van der Waals surface area contributed by atoms with Gasteiger partial charge >= 0.3 is 5.97 Å². The van der Waals surface area contributed by atoms with Gasteiger partial charge in [0, 0.05) is 5.69 Å². The minimum Gasteiger partial charge on any atom is -0.425 e. The molecule has 0 aliphatic heterocycles. The van der Waals surface area contributed by atoms with Crippen molar-refractivity contribution in [2.45, 2.75) is 78.1 Å². The number of aryl methyl sites for hydroxylation is 1. The van der Waals surface area contributed by atoms with E-state index < -0.39 is 0 Å². The van der Waals surface area contributed by atoms with Crippen LogP contribution in [0.3, 0.4) is 0 Å². The van der Waals surface area contributed by atoms with Crippen LogP contribution in [0.4, 0.5) is 0 Å². The van der Waals surface area contributed by atoms with E-state index in [1.54, 1.807) is 6.20 Å².